The van der Waals surface area contributed by atoms with E-state index in [1.165, 1.54) is 28.6 Å². The van der Waals surface area contributed by atoms with Gasteiger partial charge in [-0.05, 0) is 12.1 Å². The predicted octanol–water partition coefficient (Wildman–Crippen LogP) is 1.17. The van der Waals surface area contributed by atoms with Gasteiger partial charge in [-0.15, -0.1) is 10.2 Å². The Morgan fingerprint density at radius 1 is 1.47 bits per heavy atom. The van der Waals surface area contributed by atoms with Crippen molar-refractivity contribution in [3.63, 3.8) is 0 Å². The van der Waals surface area contributed by atoms with E-state index >= 15 is 0 Å². The summed E-state index contributed by atoms with van der Waals surface area (Å²) in [6, 6.07) is 5.81. The second kappa shape index (κ2) is 4.88. The van der Waals surface area contributed by atoms with E-state index in [2.05, 4.69) is 15.6 Å². The van der Waals surface area contributed by atoms with E-state index in [-0.39, 0.29) is 18.3 Å². The molecule has 1 aromatic carbocycles. The summed E-state index contributed by atoms with van der Waals surface area (Å²) < 4.78 is 19.9. The Bertz CT molecular complexity index is 631. The molecule has 8 heteroatoms. The van der Waals surface area contributed by atoms with E-state index in [0.29, 0.717) is 22.5 Å². The Morgan fingerprint density at radius 3 is 3.21 bits per heavy atom. The molecular weight excluding hydrogens is 271 g/mol. The highest BCUT2D eigenvalue weighted by molar-refractivity contribution is 7.99. The summed E-state index contributed by atoms with van der Waals surface area (Å²) in [5, 5.41) is 8.47. The second-order valence-corrected chi connectivity index (χ2v) is 4.75. The maximum absolute atomic E-state index is 13.0. The number of nitrogens with one attached hydrogen (secondary N) is 1. The lowest BCUT2D eigenvalue weighted by Crippen LogP contribution is -2.31. The van der Waals surface area contributed by atoms with Crippen LogP contribution in [-0.2, 0) is 11.4 Å². The minimum Gasteiger partial charge on any atom is -0.485 e. The van der Waals surface area contributed by atoms with Crippen LogP contribution in [0.5, 0.6) is 5.75 Å². The lowest BCUT2D eigenvalue weighted by molar-refractivity contribution is -0.115. The quantitative estimate of drug-likeness (QED) is 0.914. The van der Waals surface area contributed by atoms with Crippen LogP contribution >= 0.6 is 11.8 Å². The number of benzene rings is 1. The zero-order valence-electron chi connectivity index (χ0n) is 9.67. The highest BCUT2D eigenvalue weighted by atomic mass is 32.2. The van der Waals surface area contributed by atoms with Crippen LogP contribution in [0.4, 0.5) is 4.39 Å². The standard InChI is InChI=1S/C11H9FN4O2S/c12-7-2-1-3-8(4-7)18-5-9-13-14-11-16(9)15-10(17)6-19-11/h1-4H,5-6H2,(H,15,17). The van der Waals surface area contributed by atoms with E-state index in [0.717, 1.165) is 0 Å². The molecule has 2 heterocycles. The lowest BCUT2D eigenvalue weighted by atomic mass is 10.3. The molecule has 1 aliphatic rings. The third-order valence-electron chi connectivity index (χ3n) is 2.43. The fourth-order valence-corrected chi connectivity index (χ4v) is 2.29. The average molecular weight is 280 g/mol. The maximum Gasteiger partial charge on any atom is 0.249 e. The highest BCUT2D eigenvalue weighted by Crippen LogP contribution is 2.20. The molecule has 3 rings (SSSR count). The van der Waals surface area contributed by atoms with E-state index in [4.69, 9.17) is 4.74 Å². The van der Waals surface area contributed by atoms with Gasteiger partial charge in [0.15, 0.2) is 5.82 Å². The van der Waals surface area contributed by atoms with Gasteiger partial charge in [-0.1, -0.05) is 17.8 Å². The molecule has 1 aliphatic heterocycles. The fourth-order valence-electron chi connectivity index (χ4n) is 1.59. The molecule has 19 heavy (non-hydrogen) atoms. The molecule has 1 amide bonds. The molecule has 0 bridgehead atoms. The fraction of sp³-hybridized carbons (Fsp3) is 0.182. The first-order valence-electron chi connectivity index (χ1n) is 5.48. The molecule has 0 atom stereocenters. The maximum atomic E-state index is 13.0. The van der Waals surface area contributed by atoms with Gasteiger partial charge in [-0.25, -0.2) is 9.07 Å². The molecule has 0 fully saturated rings. The van der Waals surface area contributed by atoms with E-state index in [1.54, 1.807) is 12.1 Å². The number of thioether (sulfide) groups is 1. The number of hydrogen-bond donors (Lipinski definition) is 1. The van der Waals surface area contributed by atoms with Gasteiger partial charge >= 0.3 is 0 Å². The summed E-state index contributed by atoms with van der Waals surface area (Å²) in [6.45, 7) is 0.0945. The van der Waals surface area contributed by atoms with Crippen LogP contribution in [0.3, 0.4) is 0 Å². The Balaban J connectivity index is 1.74. The first-order chi connectivity index (χ1) is 9.22. The molecule has 0 unspecified atom stereocenters. The van der Waals surface area contributed by atoms with Crippen molar-refractivity contribution in [2.75, 3.05) is 11.2 Å². The van der Waals surface area contributed by atoms with Crippen molar-refractivity contribution >= 4 is 17.7 Å². The molecule has 1 aromatic heterocycles. The van der Waals surface area contributed by atoms with Gasteiger partial charge in [0.1, 0.15) is 18.2 Å². The van der Waals surface area contributed by atoms with Crippen LogP contribution in [0.15, 0.2) is 29.4 Å². The number of carbonyl (C=O) groups is 1. The summed E-state index contributed by atoms with van der Waals surface area (Å²) in [5.74, 6) is 0.684. The Hall–Kier alpha value is -2.09. The topological polar surface area (TPSA) is 69.0 Å². The number of amides is 1. The van der Waals surface area contributed by atoms with Gasteiger partial charge in [0, 0.05) is 6.07 Å². The summed E-state index contributed by atoms with van der Waals surface area (Å²) in [6.07, 6.45) is 0. The lowest BCUT2D eigenvalue weighted by Gasteiger charge is -2.15. The van der Waals surface area contributed by atoms with E-state index in [9.17, 15) is 9.18 Å². The first kappa shape index (κ1) is 12.0. The normalized spacial score (nSPS) is 13.8. The third-order valence-corrected chi connectivity index (χ3v) is 3.36. The van der Waals surface area contributed by atoms with Gasteiger partial charge in [0.2, 0.25) is 11.1 Å². The SMILES string of the molecule is O=C1CSc2nnc(COc3cccc(F)c3)n2N1. The molecule has 1 N–H and O–H groups in total. The van der Waals surface area contributed by atoms with Crippen molar-refractivity contribution in [2.45, 2.75) is 11.8 Å². The Kier molecular flexibility index (Phi) is 3.08. The second-order valence-electron chi connectivity index (χ2n) is 3.80. The van der Waals surface area contributed by atoms with Crippen LogP contribution < -0.4 is 10.2 Å². The highest BCUT2D eigenvalue weighted by Gasteiger charge is 2.20. The van der Waals surface area contributed by atoms with Crippen LogP contribution in [0, 0.1) is 5.82 Å². The van der Waals surface area contributed by atoms with E-state index in [1.807, 2.05) is 0 Å². The minimum atomic E-state index is -0.371. The summed E-state index contributed by atoms with van der Waals surface area (Å²) in [5.41, 5.74) is 2.63. The summed E-state index contributed by atoms with van der Waals surface area (Å²) in [7, 11) is 0. The summed E-state index contributed by atoms with van der Waals surface area (Å²) >= 11 is 1.30. The van der Waals surface area contributed by atoms with Gasteiger partial charge in [-0.2, -0.15) is 0 Å². The largest absolute Gasteiger partial charge is 0.485 e. The molecule has 98 valence electrons. The molecule has 0 aliphatic carbocycles. The van der Waals surface area contributed by atoms with Crippen LogP contribution in [-0.4, -0.2) is 26.5 Å². The Morgan fingerprint density at radius 2 is 2.37 bits per heavy atom. The van der Waals surface area contributed by atoms with Crippen LogP contribution in [0.25, 0.3) is 0 Å². The number of halogens is 1. The molecule has 0 radical (unpaired) electrons. The van der Waals surface area contributed by atoms with Crippen molar-refractivity contribution in [3.05, 3.63) is 35.9 Å². The van der Waals surface area contributed by atoms with Gasteiger partial charge in [0.25, 0.3) is 0 Å². The molecule has 0 saturated carbocycles. The van der Waals surface area contributed by atoms with E-state index < -0.39 is 0 Å². The number of nitrogens with zero attached hydrogens (tertiary/aromatic N) is 3. The number of aromatic nitrogens is 3. The van der Waals surface area contributed by atoms with Gasteiger partial charge in [0.05, 0.1) is 5.75 Å². The molecule has 0 saturated heterocycles. The predicted molar refractivity (Wildman–Crippen MR) is 65.8 cm³/mol. The molecule has 2 aromatic rings. The Labute approximate surface area is 111 Å². The number of ether oxygens (including phenoxy) is 1. The monoisotopic (exact) mass is 280 g/mol. The molecule has 0 spiro atoms. The summed E-state index contributed by atoms with van der Waals surface area (Å²) in [4.78, 5) is 11.3. The number of rotatable bonds is 3. The number of fused-ring (bicyclic) bond motifs is 1. The van der Waals surface area contributed by atoms with Crippen LogP contribution in [0.1, 0.15) is 5.82 Å². The average Bonchev–Trinajstić information content (AvgIpc) is 2.79. The van der Waals surface area contributed by atoms with Gasteiger partial charge in [-0.3, -0.25) is 10.2 Å². The zero-order valence-corrected chi connectivity index (χ0v) is 10.5. The van der Waals surface area contributed by atoms with Crippen molar-refractivity contribution in [1.82, 2.24) is 14.9 Å². The third kappa shape index (κ3) is 2.53. The van der Waals surface area contributed by atoms with Gasteiger partial charge < -0.3 is 4.74 Å². The van der Waals surface area contributed by atoms with Crippen molar-refractivity contribution < 1.29 is 13.9 Å². The van der Waals surface area contributed by atoms with Crippen LogP contribution in [0.2, 0.25) is 0 Å². The minimum absolute atomic E-state index is 0.0945. The van der Waals surface area contributed by atoms with Crippen molar-refractivity contribution in [3.8, 4) is 5.75 Å². The number of carbonyl (C=O) groups excluding carboxylic acids is 1. The van der Waals surface area contributed by atoms with Crippen molar-refractivity contribution in [1.29, 1.82) is 0 Å². The molecular formula is C11H9FN4O2S. The molecule has 6 nitrogen and oxygen atoms in total. The number of hydrogen-bond acceptors (Lipinski definition) is 5. The smallest absolute Gasteiger partial charge is 0.249 e. The zero-order chi connectivity index (χ0) is 13.2. The van der Waals surface area contributed by atoms with Crippen molar-refractivity contribution in [2.24, 2.45) is 0 Å². The first-order valence-corrected chi connectivity index (χ1v) is 6.46.